The van der Waals surface area contributed by atoms with Crippen molar-refractivity contribution in [2.75, 3.05) is 7.11 Å². The lowest BCUT2D eigenvalue weighted by Crippen LogP contribution is -2.05. The number of rotatable bonds is 4. The third-order valence-corrected chi connectivity index (χ3v) is 3.16. The van der Waals surface area contributed by atoms with Gasteiger partial charge in [0.05, 0.1) is 12.0 Å². The zero-order valence-corrected chi connectivity index (χ0v) is 9.74. The number of benzene rings is 1. The Hall–Kier alpha value is -0.910. The van der Waals surface area contributed by atoms with Gasteiger partial charge < -0.3 is 0 Å². The Labute approximate surface area is 89.9 Å². The normalized spacial score (nSPS) is 12.0. The van der Waals surface area contributed by atoms with E-state index < -0.39 is 10.1 Å². The van der Waals surface area contributed by atoms with Gasteiger partial charge in [-0.1, -0.05) is 26.0 Å². The highest BCUT2D eigenvalue weighted by Gasteiger charge is 2.15. The van der Waals surface area contributed by atoms with E-state index in [0.717, 1.165) is 12.7 Å². The molecule has 15 heavy (non-hydrogen) atoms. The molecule has 0 spiro atoms. The molecule has 0 saturated carbocycles. The quantitative estimate of drug-likeness (QED) is 0.587. The second kappa shape index (κ2) is 4.74. The summed E-state index contributed by atoms with van der Waals surface area (Å²) in [5.74, 6) is 0.366. The molecular formula is C10H14O4S. The SMILES string of the molecule is COOS(=O)(=O)c1ccc(C(C)C)cc1. The van der Waals surface area contributed by atoms with Crippen molar-refractivity contribution in [1.29, 1.82) is 0 Å². The molecule has 0 aliphatic rings. The monoisotopic (exact) mass is 230 g/mol. The van der Waals surface area contributed by atoms with E-state index in [1.165, 1.54) is 12.1 Å². The molecule has 5 heteroatoms. The van der Waals surface area contributed by atoms with Crippen LogP contribution in [0.2, 0.25) is 0 Å². The summed E-state index contributed by atoms with van der Waals surface area (Å²) in [7, 11) is -2.62. The maximum absolute atomic E-state index is 11.4. The first kappa shape index (κ1) is 12.2. The van der Waals surface area contributed by atoms with Gasteiger partial charge in [0, 0.05) is 0 Å². The highest BCUT2D eigenvalue weighted by Crippen LogP contribution is 2.18. The van der Waals surface area contributed by atoms with E-state index in [9.17, 15) is 8.42 Å². The first-order chi connectivity index (χ1) is 6.97. The highest BCUT2D eigenvalue weighted by molar-refractivity contribution is 7.86. The largest absolute Gasteiger partial charge is 0.323 e. The van der Waals surface area contributed by atoms with E-state index >= 15 is 0 Å². The van der Waals surface area contributed by atoms with E-state index in [4.69, 9.17) is 0 Å². The zero-order chi connectivity index (χ0) is 11.5. The fraction of sp³-hybridized carbons (Fsp3) is 0.400. The average Bonchev–Trinajstić information content (AvgIpc) is 2.18. The summed E-state index contributed by atoms with van der Waals surface area (Å²) in [5.41, 5.74) is 1.08. The summed E-state index contributed by atoms with van der Waals surface area (Å²) in [5, 5.41) is 0. The van der Waals surface area contributed by atoms with Crippen molar-refractivity contribution >= 4 is 10.1 Å². The van der Waals surface area contributed by atoms with Crippen LogP contribution in [0.25, 0.3) is 0 Å². The van der Waals surface area contributed by atoms with Crippen molar-refractivity contribution < 1.29 is 17.6 Å². The summed E-state index contributed by atoms with van der Waals surface area (Å²) >= 11 is 0. The van der Waals surface area contributed by atoms with Crippen molar-refractivity contribution in [2.45, 2.75) is 24.7 Å². The van der Waals surface area contributed by atoms with Gasteiger partial charge in [0.2, 0.25) is 0 Å². The fourth-order valence-corrected chi connectivity index (χ4v) is 1.88. The molecule has 1 aromatic rings. The Bertz CT molecular complexity index is 406. The Balaban J connectivity index is 2.99. The van der Waals surface area contributed by atoms with Crippen molar-refractivity contribution in [3.63, 3.8) is 0 Å². The van der Waals surface area contributed by atoms with Gasteiger partial charge in [-0.05, 0) is 23.6 Å². The van der Waals surface area contributed by atoms with Crippen LogP contribution in [0.5, 0.6) is 0 Å². The molecule has 1 rings (SSSR count). The lowest BCUT2D eigenvalue weighted by atomic mass is 10.0. The van der Waals surface area contributed by atoms with Crippen LogP contribution >= 0.6 is 0 Å². The second-order valence-corrected chi connectivity index (χ2v) is 4.93. The predicted octanol–water partition coefficient (Wildman–Crippen LogP) is 2.08. The first-order valence-electron chi connectivity index (χ1n) is 4.54. The van der Waals surface area contributed by atoms with Crippen LogP contribution in [0, 0.1) is 0 Å². The minimum Gasteiger partial charge on any atom is -0.223 e. The third kappa shape index (κ3) is 3.02. The lowest BCUT2D eigenvalue weighted by molar-refractivity contribution is -0.172. The maximum atomic E-state index is 11.4. The van der Waals surface area contributed by atoms with Crippen molar-refractivity contribution in [3.8, 4) is 0 Å². The molecule has 0 atom stereocenters. The van der Waals surface area contributed by atoms with Gasteiger partial charge >= 0.3 is 10.1 Å². The van der Waals surface area contributed by atoms with Gasteiger partial charge in [-0.15, -0.1) is 4.33 Å². The molecule has 0 bridgehead atoms. The molecule has 0 aliphatic carbocycles. The first-order valence-corrected chi connectivity index (χ1v) is 5.95. The molecule has 1 aromatic carbocycles. The van der Waals surface area contributed by atoms with E-state index in [-0.39, 0.29) is 4.90 Å². The average molecular weight is 230 g/mol. The molecule has 0 saturated heterocycles. The molecule has 0 amide bonds. The van der Waals surface area contributed by atoms with E-state index in [1.807, 2.05) is 13.8 Å². The Kier molecular flexibility index (Phi) is 3.84. The van der Waals surface area contributed by atoms with Crippen molar-refractivity contribution in [2.24, 2.45) is 0 Å². The van der Waals surface area contributed by atoms with Gasteiger partial charge in [0.1, 0.15) is 0 Å². The van der Waals surface area contributed by atoms with E-state index in [0.29, 0.717) is 5.92 Å². The molecule has 0 heterocycles. The third-order valence-electron chi connectivity index (χ3n) is 1.99. The summed E-state index contributed by atoms with van der Waals surface area (Å²) in [6, 6.07) is 6.53. The van der Waals surface area contributed by atoms with Gasteiger partial charge in [0.15, 0.2) is 0 Å². The van der Waals surface area contributed by atoms with Crippen molar-refractivity contribution in [3.05, 3.63) is 29.8 Å². The summed E-state index contributed by atoms with van der Waals surface area (Å²) in [6.45, 7) is 4.07. The minimum absolute atomic E-state index is 0.0914. The molecular weight excluding hydrogens is 216 g/mol. The molecule has 0 aliphatic heterocycles. The van der Waals surface area contributed by atoms with Crippen LogP contribution in [0.15, 0.2) is 29.2 Å². The van der Waals surface area contributed by atoms with Crippen LogP contribution in [0.3, 0.4) is 0 Å². The molecule has 84 valence electrons. The van der Waals surface area contributed by atoms with Gasteiger partial charge in [0.25, 0.3) is 0 Å². The van der Waals surface area contributed by atoms with Gasteiger partial charge in [-0.2, -0.15) is 8.42 Å². The zero-order valence-electron chi connectivity index (χ0n) is 8.93. The summed E-state index contributed by atoms with van der Waals surface area (Å²) < 4.78 is 26.9. The Morgan fingerprint density at radius 2 is 1.67 bits per heavy atom. The van der Waals surface area contributed by atoms with Gasteiger partial charge in [-0.25, -0.2) is 4.89 Å². The number of hydrogen-bond acceptors (Lipinski definition) is 4. The molecule has 4 nitrogen and oxygen atoms in total. The molecule has 0 radical (unpaired) electrons. The highest BCUT2D eigenvalue weighted by atomic mass is 32.2. The lowest BCUT2D eigenvalue weighted by Gasteiger charge is -2.06. The van der Waals surface area contributed by atoms with E-state index in [2.05, 4.69) is 9.22 Å². The van der Waals surface area contributed by atoms with Crippen LogP contribution in [0.1, 0.15) is 25.3 Å². The van der Waals surface area contributed by atoms with Crippen LogP contribution in [-0.4, -0.2) is 15.5 Å². The van der Waals surface area contributed by atoms with E-state index in [1.54, 1.807) is 12.1 Å². The van der Waals surface area contributed by atoms with Crippen LogP contribution in [0.4, 0.5) is 0 Å². The fourth-order valence-electron chi connectivity index (χ4n) is 1.15. The number of hydrogen-bond donors (Lipinski definition) is 0. The van der Waals surface area contributed by atoms with Crippen LogP contribution < -0.4 is 0 Å². The Morgan fingerprint density at radius 3 is 2.07 bits per heavy atom. The standard InChI is InChI=1S/C10H14O4S/c1-8(2)9-4-6-10(7-5-9)15(11,12)14-13-3/h4-8H,1-3H3. The smallest absolute Gasteiger partial charge is 0.223 e. The maximum Gasteiger partial charge on any atom is 0.323 e. The van der Waals surface area contributed by atoms with Gasteiger partial charge in [-0.3, -0.25) is 0 Å². The topological polar surface area (TPSA) is 52.6 Å². The second-order valence-electron chi connectivity index (χ2n) is 3.41. The Morgan fingerprint density at radius 1 is 1.13 bits per heavy atom. The van der Waals surface area contributed by atoms with Crippen LogP contribution in [-0.2, 0) is 19.3 Å². The summed E-state index contributed by atoms with van der Waals surface area (Å²) in [6.07, 6.45) is 0. The summed E-state index contributed by atoms with van der Waals surface area (Å²) in [4.78, 5) is 4.24. The molecule has 0 unspecified atom stereocenters. The molecule has 0 fully saturated rings. The predicted molar refractivity (Wildman–Crippen MR) is 55.8 cm³/mol. The molecule has 0 aromatic heterocycles. The molecule has 0 N–H and O–H groups in total. The van der Waals surface area contributed by atoms with Crippen molar-refractivity contribution in [1.82, 2.24) is 0 Å². The minimum atomic E-state index is -3.78.